The maximum atomic E-state index is 12.4. The monoisotopic (exact) mass is 388 g/mol. The molecule has 0 aromatic heterocycles. The van der Waals surface area contributed by atoms with Crippen molar-refractivity contribution < 1.29 is 9.59 Å². The Hall–Kier alpha value is -2.14. The molecule has 4 nitrogen and oxygen atoms in total. The Balaban J connectivity index is 2.20. The summed E-state index contributed by atoms with van der Waals surface area (Å²) < 4.78 is 0.789. The molecule has 1 N–H and O–H groups in total. The predicted molar refractivity (Wildman–Crippen MR) is 101 cm³/mol. The number of nitrogens with one attached hydrogen (secondary N) is 1. The van der Waals surface area contributed by atoms with Crippen LogP contribution in [0.3, 0.4) is 0 Å². The topological polar surface area (TPSA) is 49.4 Å². The molecule has 0 aliphatic carbocycles. The minimum Gasteiger partial charge on any atom is -0.324 e. The van der Waals surface area contributed by atoms with Crippen LogP contribution in [-0.2, 0) is 9.59 Å². The number of halogens is 1. The number of hydrogen-bond donors (Lipinski definition) is 1. The van der Waals surface area contributed by atoms with Gasteiger partial charge in [-0.3, -0.25) is 9.59 Å². The molecule has 0 unspecified atom stereocenters. The van der Waals surface area contributed by atoms with Gasteiger partial charge in [0.2, 0.25) is 11.8 Å². The molecule has 0 heterocycles. The van der Waals surface area contributed by atoms with Gasteiger partial charge in [-0.1, -0.05) is 18.2 Å². The predicted octanol–water partition coefficient (Wildman–Crippen LogP) is 4.37. The van der Waals surface area contributed by atoms with Gasteiger partial charge in [-0.25, -0.2) is 0 Å². The lowest BCUT2D eigenvalue weighted by molar-refractivity contribution is -0.120. The molecule has 126 valence electrons. The molecule has 24 heavy (non-hydrogen) atoms. The highest BCUT2D eigenvalue weighted by atomic mass is 79.9. The fourth-order valence-electron chi connectivity index (χ4n) is 2.42. The normalized spacial score (nSPS) is 10.4. The summed E-state index contributed by atoms with van der Waals surface area (Å²) in [6.07, 6.45) is 0. The lowest BCUT2D eigenvalue weighted by Gasteiger charge is -2.22. The molecule has 2 aromatic rings. The first-order chi connectivity index (χ1) is 11.3. The van der Waals surface area contributed by atoms with Crippen LogP contribution < -0.4 is 10.2 Å². The standard InChI is InChI=1S/C19H21BrN2O2/c1-12-8-9-18(16(20)10-12)22(15(4)23)11-19(24)21-17-7-5-6-13(2)14(17)3/h5-10H,11H2,1-4H3,(H,21,24). The van der Waals surface area contributed by atoms with E-state index in [0.717, 1.165) is 26.9 Å². The smallest absolute Gasteiger partial charge is 0.244 e. The summed E-state index contributed by atoms with van der Waals surface area (Å²) in [6, 6.07) is 11.4. The zero-order valence-corrected chi connectivity index (χ0v) is 15.9. The summed E-state index contributed by atoms with van der Waals surface area (Å²) in [6.45, 7) is 7.35. The zero-order valence-electron chi connectivity index (χ0n) is 14.3. The van der Waals surface area contributed by atoms with Crippen LogP contribution in [0.2, 0.25) is 0 Å². The zero-order chi connectivity index (χ0) is 17.9. The Kier molecular flexibility index (Phi) is 5.78. The molecular weight excluding hydrogens is 368 g/mol. The van der Waals surface area contributed by atoms with Crippen LogP contribution in [0.15, 0.2) is 40.9 Å². The van der Waals surface area contributed by atoms with E-state index in [9.17, 15) is 9.59 Å². The number of benzene rings is 2. The lowest BCUT2D eigenvalue weighted by Crippen LogP contribution is -2.37. The number of carbonyl (C=O) groups is 2. The van der Waals surface area contributed by atoms with Crippen LogP contribution >= 0.6 is 15.9 Å². The fraction of sp³-hybridized carbons (Fsp3) is 0.263. The van der Waals surface area contributed by atoms with E-state index >= 15 is 0 Å². The van der Waals surface area contributed by atoms with E-state index in [0.29, 0.717) is 5.69 Å². The van der Waals surface area contributed by atoms with Gasteiger partial charge >= 0.3 is 0 Å². The summed E-state index contributed by atoms with van der Waals surface area (Å²) in [7, 11) is 0. The SMILES string of the molecule is CC(=O)N(CC(=O)Nc1cccc(C)c1C)c1ccc(C)cc1Br. The lowest BCUT2D eigenvalue weighted by atomic mass is 10.1. The highest BCUT2D eigenvalue weighted by Gasteiger charge is 2.18. The Morgan fingerprint density at radius 2 is 1.83 bits per heavy atom. The van der Waals surface area contributed by atoms with Gasteiger partial charge in [0.1, 0.15) is 6.54 Å². The van der Waals surface area contributed by atoms with E-state index in [4.69, 9.17) is 0 Å². The average Bonchev–Trinajstić information content (AvgIpc) is 2.50. The molecule has 0 saturated heterocycles. The molecular formula is C19H21BrN2O2. The highest BCUT2D eigenvalue weighted by Crippen LogP contribution is 2.27. The molecule has 0 radical (unpaired) electrons. The second-order valence-corrected chi connectivity index (χ2v) is 6.71. The first-order valence-electron chi connectivity index (χ1n) is 7.70. The molecule has 0 aliphatic rings. The van der Waals surface area contributed by atoms with E-state index < -0.39 is 0 Å². The Labute approximate surface area is 151 Å². The number of nitrogens with zero attached hydrogens (tertiary/aromatic N) is 1. The third-order valence-electron chi connectivity index (χ3n) is 3.95. The van der Waals surface area contributed by atoms with Crippen molar-refractivity contribution in [3.8, 4) is 0 Å². The summed E-state index contributed by atoms with van der Waals surface area (Å²) in [5.41, 5.74) is 4.67. The van der Waals surface area contributed by atoms with Crippen LogP contribution in [0.4, 0.5) is 11.4 Å². The third-order valence-corrected chi connectivity index (χ3v) is 4.59. The van der Waals surface area contributed by atoms with Crippen molar-refractivity contribution in [2.45, 2.75) is 27.7 Å². The fourth-order valence-corrected chi connectivity index (χ4v) is 3.12. The van der Waals surface area contributed by atoms with E-state index in [1.54, 1.807) is 0 Å². The highest BCUT2D eigenvalue weighted by molar-refractivity contribution is 9.10. The van der Waals surface area contributed by atoms with Crippen molar-refractivity contribution in [3.05, 3.63) is 57.6 Å². The van der Waals surface area contributed by atoms with E-state index in [2.05, 4.69) is 21.2 Å². The second-order valence-electron chi connectivity index (χ2n) is 5.86. The third kappa shape index (κ3) is 4.23. The minimum absolute atomic E-state index is 0.0373. The summed E-state index contributed by atoms with van der Waals surface area (Å²) in [4.78, 5) is 25.9. The molecule has 0 atom stereocenters. The van der Waals surface area contributed by atoms with Crippen molar-refractivity contribution in [2.24, 2.45) is 0 Å². The maximum absolute atomic E-state index is 12.4. The largest absolute Gasteiger partial charge is 0.324 e. The quantitative estimate of drug-likeness (QED) is 0.845. The number of hydrogen-bond acceptors (Lipinski definition) is 2. The van der Waals surface area contributed by atoms with Crippen LogP contribution in [0, 0.1) is 20.8 Å². The van der Waals surface area contributed by atoms with E-state index in [1.165, 1.54) is 11.8 Å². The molecule has 0 spiro atoms. The van der Waals surface area contributed by atoms with Gasteiger partial charge in [0.15, 0.2) is 0 Å². The second kappa shape index (κ2) is 7.62. The summed E-state index contributed by atoms with van der Waals surface area (Å²) in [5.74, 6) is -0.415. The Morgan fingerprint density at radius 1 is 1.12 bits per heavy atom. The molecule has 0 bridgehead atoms. The van der Waals surface area contributed by atoms with Crippen molar-refractivity contribution in [3.63, 3.8) is 0 Å². The van der Waals surface area contributed by atoms with Gasteiger partial charge < -0.3 is 10.2 Å². The molecule has 0 fully saturated rings. The van der Waals surface area contributed by atoms with E-state index in [1.807, 2.05) is 57.2 Å². The first-order valence-corrected chi connectivity index (χ1v) is 8.49. The number of carbonyl (C=O) groups excluding carboxylic acids is 2. The van der Waals surface area contributed by atoms with E-state index in [-0.39, 0.29) is 18.4 Å². The Morgan fingerprint density at radius 3 is 2.46 bits per heavy atom. The maximum Gasteiger partial charge on any atom is 0.244 e. The molecule has 2 amide bonds. The van der Waals surface area contributed by atoms with Gasteiger partial charge in [-0.05, 0) is 71.6 Å². The van der Waals surface area contributed by atoms with Crippen LogP contribution in [-0.4, -0.2) is 18.4 Å². The number of amides is 2. The molecule has 2 rings (SSSR count). The first kappa shape index (κ1) is 18.2. The van der Waals surface area contributed by atoms with Crippen molar-refractivity contribution in [2.75, 3.05) is 16.8 Å². The van der Waals surface area contributed by atoms with Gasteiger partial charge in [-0.2, -0.15) is 0 Å². The van der Waals surface area contributed by atoms with Crippen LogP contribution in [0.25, 0.3) is 0 Å². The number of anilines is 2. The van der Waals surface area contributed by atoms with Gasteiger partial charge in [0, 0.05) is 17.1 Å². The molecule has 0 saturated carbocycles. The van der Waals surface area contributed by atoms with Gasteiger partial charge in [0.05, 0.1) is 5.69 Å². The van der Waals surface area contributed by atoms with Crippen LogP contribution in [0.5, 0.6) is 0 Å². The summed E-state index contributed by atoms with van der Waals surface area (Å²) in [5, 5.41) is 2.89. The molecule has 2 aromatic carbocycles. The number of aryl methyl sites for hydroxylation is 2. The Bertz CT molecular complexity index is 787. The van der Waals surface area contributed by atoms with Gasteiger partial charge in [-0.15, -0.1) is 0 Å². The molecule has 5 heteroatoms. The van der Waals surface area contributed by atoms with Gasteiger partial charge in [0.25, 0.3) is 0 Å². The average molecular weight is 389 g/mol. The molecule has 0 aliphatic heterocycles. The van der Waals surface area contributed by atoms with Crippen LogP contribution in [0.1, 0.15) is 23.6 Å². The minimum atomic E-state index is -0.230. The summed E-state index contributed by atoms with van der Waals surface area (Å²) >= 11 is 3.47. The number of rotatable bonds is 4. The van der Waals surface area contributed by atoms with Crippen molar-refractivity contribution in [1.82, 2.24) is 0 Å². The van der Waals surface area contributed by atoms with Crippen molar-refractivity contribution >= 4 is 39.1 Å². The van der Waals surface area contributed by atoms with Crippen molar-refractivity contribution in [1.29, 1.82) is 0 Å².